The molecule has 118 valence electrons. The highest BCUT2D eigenvalue weighted by Crippen LogP contribution is 2.25. The minimum absolute atomic E-state index is 0.671. The van der Waals surface area contributed by atoms with E-state index in [1.807, 2.05) is 0 Å². The first kappa shape index (κ1) is 15.7. The van der Waals surface area contributed by atoms with Crippen molar-refractivity contribution in [2.45, 2.75) is 39.3 Å². The molecule has 3 rings (SSSR count). The Morgan fingerprint density at radius 2 is 2.14 bits per heavy atom. The maximum atomic E-state index is 4.86. The quantitative estimate of drug-likeness (QED) is 0.881. The van der Waals surface area contributed by atoms with Crippen molar-refractivity contribution in [1.82, 2.24) is 15.2 Å². The molecule has 1 unspecified atom stereocenters. The third-order valence-electron chi connectivity index (χ3n) is 4.28. The fourth-order valence-corrected chi connectivity index (χ4v) is 3.86. The van der Waals surface area contributed by atoms with Gasteiger partial charge >= 0.3 is 0 Å². The van der Waals surface area contributed by atoms with Gasteiger partial charge in [-0.05, 0) is 32.9 Å². The number of hydrogen-bond acceptors (Lipinski definition) is 4. The summed E-state index contributed by atoms with van der Waals surface area (Å²) in [7, 11) is 0. The zero-order valence-corrected chi connectivity index (χ0v) is 14.3. The van der Waals surface area contributed by atoms with Crippen molar-refractivity contribution in [3.05, 3.63) is 40.9 Å². The third-order valence-corrected chi connectivity index (χ3v) is 5.22. The van der Waals surface area contributed by atoms with Crippen LogP contribution in [0, 0.1) is 6.92 Å². The van der Waals surface area contributed by atoms with E-state index < -0.39 is 0 Å². The SMILES string of the molecule is CCCN(Cc1csc(-c2ccc(C)cc2)n1)C1CCNC1. The first-order valence-electron chi connectivity index (χ1n) is 8.22. The molecule has 1 N–H and O–H groups in total. The van der Waals surface area contributed by atoms with E-state index in [-0.39, 0.29) is 0 Å². The summed E-state index contributed by atoms with van der Waals surface area (Å²) in [5.41, 5.74) is 3.73. The molecule has 0 aliphatic carbocycles. The highest BCUT2D eigenvalue weighted by Gasteiger charge is 2.22. The normalized spacial score (nSPS) is 18.2. The Morgan fingerprint density at radius 3 is 2.82 bits per heavy atom. The van der Waals surface area contributed by atoms with Gasteiger partial charge in [-0.15, -0.1) is 11.3 Å². The summed E-state index contributed by atoms with van der Waals surface area (Å²) in [5, 5.41) is 6.83. The van der Waals surface area contributed by atoms with Crippen LogP contribution in [0.2, 0.25) is 0 Å². The van der Waals surface area contributed by atoms with Gasteiger partial charge in [0.2, 0.25) is 0 Å². The number of aromatic nitrogens is 1. The molecule has 1 atom stereocenters. The minimum atomic E-state index is 0.671. The Labute approximate surface area is 137 Å². The lowest BCUT2D eigenvalue weighted by atomic mass is 10.2. The third kappa shape index (κ3) is 3.75. The second-order valence-electron chi connectivity index (χ2n) is 6.13. The van der Waals surface area contributed by atoms with E-state index in [4.69, 9.17) is 4.98 Å². The zero-order chi connectivity index (χ0) is 15.4. The molecule has 1 aromatic carbocycles. The molecule has 0 spiro atoms. The Morgan fingerprint density at radius 1 is 1.32 bits per heavy atom. The van der Waals surface area contributed by atoms with Crippen molar-refractivity contribution in [2.75, 3.05) is 19.6 Å². The second kappa shape index (κ2) is 7.36. The van der Waals surface area contributed by atoms with Gasteiger partial charge in [0.25, 0.3) is 0 Å². The van der Waals surface area contributed by atoms with Gasteiger partial charge in [-0.3, -0.25) is 4.90 Å². The minimum Gasteiger partial charge on any atom is -0.315 e. The van der Waals surface area contributed by atoms with E-state index in [0.29, 0.717) is 6.04 Å². The van der Waals surface area contributed by atoms with Crippen LogP contribution >= 0.6 is 11.3 Å². The first-order chi connectivity index (χ1) is 10.8. The van der Waals surface area contributed by atoms with Crippen LogP contribution in [0.3, 0.4) is 0 Å². The van der Waals surface area contributed by atoms with Crippen LogP contribution in [0.4, 0.5) is 0 Å². The number of hydrogen-bond donors (Lipinski definition) is 1. The zero-order valence-electron chi connectivity index (χ0n) is 13.5. The van der Waals surface area contributed by atoms with Crippen molar-refractivity contribution < 1.29 is 0 Å². The molecular weight excluding hydrogens is 290 g/mol. The van der Waals surface area contributed by atoms with Crippen LogP contribution in [0.1, 0.15) is 31.0 Å². The topological polar surface area (TPSA) is 28.2 Å². The van der Waals surface area contributed by atoms with E-state index in [2.05, 4.69) is 53.7 Å². The highest BCUT2D eigenvalue weighted by atomic mass is 32.1. The van der Waals surface area contributed by atoms with E-state index in [1.54, 1.807) is 11.3 Å². The molecular formula is C18H25N3S. The lowest BCUT2D eigenvalue weighted by Gasteiger charge is -2.27. The summed E-state index contributed by atoms with van der Waals surface area (Å²) >= 11 is 1.76. The highest BCUT2D eigenvalue weighted by molar-refractivity contribution is 7.13. The molecule has 2 heterocycles. The van der Waals surface area contributed by atoms with Gasteiger partial charge < -0.3 is 5.32 Å². The largest absolute Gasteiger partial charge is 0.315 e. The molecule has 0 radical (unpaired) electrons. The number of rotatable bonds is 6. The fourth-order valence-electron chi connectivity index (χ4n) is 3.05. The summed E-state index contributed by atoms with van der Waals surface area (Å²) in [5.74, 6) is 0. The summed E-state index contributed by atoms with van der Waals surface area (Å²) in [4.78, 5) is 7.45. The molecule has 1 fully saturated rings. The maximum absolute atomic E-state index is 4.86. The lowest BCUT2D eigenvalue weighted by molar-refractivity contribution is 0.197. The van der Waals surface area contributed by atoms with Gasteiger partial charge in [0.1, 0.15) is 5.01 Å². The predicted octanol–water partition coefficient (Wildman–Crippen LogP) is 3.69. The van der Waals surface area contributed by atoms with Gasteiger partial charge in [0, 0.05) is 30.1 Å². The molecule has 1 aliphatic heterocycles. The molecule has 0 bridgehead atoms. The average Bonchev–Trinajstić information content (AvgIpc) is 3.19. The number of thiazole rings is 1. The Kier molecular flexibility index (Phi) is 5.24. The van der Waals surface area contributed by atoms with E-state index in [0.717, 1.165) is 31.2 Å². The first-order valence-corrected chi connectivity index (χ1v) is 9.10. The van der Waals surface area contributed by atoms with Crippen LogP contribution in [0.25, 0.3) is 10.6 Å². The number of aryl methyl sites for hydroxylation is 1. The molecule has 1 saturated heterocycles. The summed E-state index contributed by atoms with van der Waals surface area (Å²) in [6, 6.07) is 9.32. The van der Waals surface area contributed by atoms with Gasteiger partial charge in [-0.25, -0.2) is 4.98 Å². The number of nitrogens with one attached hydrogen (secondary N) is 1. The monoisotopic (exact) mass is 315 g/mol. The van der Waals surface area contributed by atoms with Gasteiger partial charge in [0.05, 0.1) is 5.69 Å². The van der Waals surface area contributed by atoms with Crippen LogP contribution in [-0.2, 0) is 6.54 Å². The summed E-state index contributed by atoms with van der Waals surface area (Å²) in [6.07, 6.45) is 2.46. The van der Waals surface area contributed by atoms with Crippen molar-refractivity contribution in [1.29, 1.82) is 0 Å². The average molecular weight is 315 g/mol. The Hall–Kier alpha value is -1.23. The molecule has 1 aliphatic rings. The van der Waals surface area contributed by atoms with Crippen LogP contribution in [-0.4, -0.2) is 35.6 Å². The molecule has 4 heteroatoms. The van der Waals surface area contributed by atoms with Crippen LogP contribution in [0.5, 0.6) is 0 Å². The van der Waals surface area contributed by atoms with E-state index in [9.17, 15) is 0 Å². The smallest absolute Gasteiger partial charge is 0.123 e. The molecule has 0 amide bonds. The number of benzene rings is 1. The molecule has 3 nitrogen and oxygen atoms in total. The number of nitrogens with zero attached hydrogens (tertiary/aromatic N) is 2. The molecule has 22 heavy (non-hydrogen) atoms. The predicted molar refractivity (Wildman–Crippen MR) is 94.3 cm³/mol. The molecule has 1 aromatic heterocycles. The van der Waals surface area contributed by atoms with Crippen LogP contribution < -0.4 is 5.32 Å². The van der Waals surface area contributed by atoms with E-state index >= 15 is 0 Å². The Bertz CT molecular complexity index is 585. The van der Waals surface area contributed by atoms with E-state index in [1.165, 1.54) is 29.7 Å². The standard InChI is InChI=1S/C18H25N3S/c1-3-10-21(17-8-9-19-11-17)12-16-13-22-18(20-16)15-6-4-14(2)5-7-15/h4-7,13,17,19H,3,8-12H2,1-2H3. The van der Waals surface area contributed by atoms with Crippen molar-refractivity contribution >= 4 is 11.3 Å². The summed E-state index contributed by atoms with van der Waals surface area (Å²) in [6.45, 7) is 8.78. The molecule has 0 saturated carbocycles. The molecule has 2 aromatic rings. The van der Waals surface area contributed by atoms with Gasteiger partial charge in [-0.2, -0.15) is 0 Å². The van der Waals surface area contributed by atoms with Crippen molar-refractivity contribution in [2.24, 2.45) is 0 Å². The van der Waals surface area contributed by atoms with Crippen molar-refractivity contribution in [3.63, 3.8) is 0 Å². The Balaban J connectivity index is 1.70. The van der Waals surface area contributed by atoms with Gasteiger partial charge in [-0.1, -0.05) is 36.8 Å². The van der Waals surface area contributed by atoms with Crippen LogP contribution in [0.15, 0.2) is 29.6 Å². The summed E-state index contributed by atoms with van der Waals surface area (Å²) < 4.78 is 0. The lowest BCUT2D eigenvalue weighted by Crippen LogP contribution is -2.37. The van der Waals surface area contributed by atoms with Crippen molar-refractivity contribution in [3.8, 4) is 10.6 Å². The fraction of sp³-hybridized carbons (Fsp3) is 0.500. The van der Waals surface area contributed by atoms with Gasteiger partial charge in [0.15, 0.2) is 0 Å². The maximum Gasteiger partial charge on any atom is 0.123 e. The second-order valence-corrected chi connectivity index (χ2v) is 6.99.